The van der Waals surface area contributed by atoms with E-state index in [1.807, 2.05) is 0 Å². The van der Waals surface area contributed by atoms with Gasteiger partial charge in [-0.05, 0) is 43.7 Å². The van der Waals surface area contributed by atoms with Crippen LogP contribution in [0.2, 0.25) is 0 Å². The molecule has 7 heteroatoms. The Hall–Kier alpha value is -2.70. The predicted molar refractivity (Wildman–Crippen MR) is 93.7 cm³/mol. The molecular formula is C18H22N4O3. The Balaban J connectivity index is 1.66. The molecule has 1 N–H and O–H groups in total. The minimum atomic E-state index is -0.451. The van der Waals surface area contributed by atoms with Crippen LogP contribution in [0.25, 0.3) is 5.69 Å². The Kier molecular flexibility index (Phi) is 5.11. The van der Waals surface area contributed by atoms with Gasteiger partial charge in [-0.3, -0.25) is 14.9 Å². The summed E-state index contributed by atoms with van der Waals surface area (Å²) in [6, 6.07) is 8.01. The van der Waals surface area contributed by atoms with Gasteiger partial charge in [0.15, 0.2) is 5.69 Å². The quantitative estimate of drug-likeness (QED) is 0.665. The maximum Gasteiger partial charge on any atom is 0.272 e. The zero-order valence-corrected chi connectivity index (χ0v) is 14.2. The van der Waals surface area contributed by atoms with Crippen LogP contribution < -0.4 is 5.32 Å². The Morgan fingerprint density at radius 2 is 2.08 bits per heavy atom. The van der Waals surface area contributed by atoms with E-state index in [9.17, 15) is 14.9 Å². The third kappa shape index (κ3) is 4.04. The summed E-state index contributed by atoms with van der Waals surface area (Å²) in [5.41, 5.74) is 0.868. The van der Waals surface area contributed by atoms with E-state index in [1.165, 1.54) is 23.2 Å². The Morgan fingerprint density at radius 3 is 2.76 bits per heavy atom. The molecule has 3 rings (SSSR count). The van der Waals surface area contributed by atoms with Crippen molar-refractivity contribution < 1.29 is 9.72 Å². The number of nitrogens with one attached hydrogen (secondary N) is 1. The summed E-state index contributed by atoms with van der Waals surface area (Å²) in [4.78, 5) is 22.8. The van der Waals surface area contributed by atoms with Gasteiger partial charge in [-0.2, -0.15) is 5.10 Å². The molecule has 0 bridgehead atoms. The van der Waals surface area contributed by atoms with E-state index in [-0.39, 0.29) is 17.6 Å². The van der Waals surface area contributed by atoms with E-state index in [1.54, 1.807) is 24.4 Å². The van der Waals surface area contributed by atoms with Crippen molar-refractivity contribution in [2.24, 2.45) is 5.92 Å². The number of amides is 1. The molecule has 1 saturated carbocycles. The topological polar surface area (TPSA) is 90.1 Å². The van der Waals surface area contributed by atoms with Gasteiger partial charge in [0.2, 0.25) is 0 Å². The second-order valence-electron chi connectivity index (χ2n) is 6.52. The molecule has 1 fully saturated rings. The predicted octanol–water partition coefficient (Wildman–Crippen LogP) is 3.48. The van der Waals surface area contributed by atoms with E-state index in [2.05, 4.69) is 17.3 Å². The third-order valence-electron chi connectivity index (χ3n) is 4.89. The maximum absolute atomic E-state index is 12.4. The number of nitrogens with zero attached hydrogens (tertiary/aromatic N) is 3. The first-order valence-electron chi connectivity index (χ1n) is 8.68. The molecule has 7 nitrogen and oxygen atoms in total. The monoisotopic (exact) mass is 342 g/mol. The number of carbonyl (C=O) groups is 1. The van der Waals surface area contributed by atoms with Crippen LogP contribution in [0, 0.1) is 16.0 Å². The van der Waals surface area contributed by atoms with Crippen molar-refractivity contribution in [2.45, 2.75) is 45.1 Å². The van der Waals surface area contributed by atoms with Gasteiger partial charge in [0.25, 0.3) is 11.6 Å². The number of nitro groups is 1. The number of hydrogen-bond donors (Lipinski definition) is 1. The lowest BCUT2D eigenvalue weighted by Crippen LogP contribution is -2.37. The molecule has 1 aliphatic rings. The van der Waals surface area contributed by atoms with Crippen molar-refractivity contribution in [1.82, 2.24) is 15.1 Å². The molecule has 0 unspecified atom stereocenters. The number of carbonyl (C=O) groups excluding carboxylic acids is 1. The second-order valence-corrected chi connectivity index (χ2v) is 6.52. The molecule has 0 saturated heterocycles. The van der Waals surface area contributed by atoms with Crippen molar-refractivity contribution in [2.75, 3.05) is 0 Å². The Morgan fingerprint density at radius 1 is 1.32 bits per heavy atom. The van der Waals surface area contributed by atoms with E-state index in [0.717, 1.165) is 31.6 Å². The van der Waals surface area contributed by atoms with Crippen LogP contribution in [-0.4, -0.2) is 26.7 Å². The number of nitro benzene ring substituents is 1. The van der Waals surface area contributed by atoms with Gasteiger partial charge >= 0.3 is 0 Å². The number of aromatic nitrogens is 2. The van der Waals surface area contributed by atoms with Crippen molar-refractivity contribution in [3.05, 3.63) is 52.3 Å². The van der Waals surface area contributed by atoms with Crippen molar-refractivity contribution in [1.29, 1.82) is 0 Å². The first kappa shape index (κ1) is 17.1. The summed E-state index contributed by atoms with van der Waals surface area (Å²) < 4.78 is 1.48. The van der Waals surface area contributed by atoms with Crippen LogP contribution >= 0.6 is 0 Å². The van der Waals surface area contributed by atoms with Crippen LogP contribution in [0.3, 0.4) is 0 Å². The summed E-state index contributed by atoms with van der Waals surface area (Å²) >= 11 is 0. The molecule has 1 aromatic heterocycles. The van der Waals surface area contributed by atoms with Gasteiger partial charge in [-0.15, -0.1) is 0 Å². The summed E-state index contributed by atoms with van der Waals surface area (Å²) in [5, 5.41) is 18.2. The lowest BCUT2D eigenvalue weighted by molar-refractivity contribution is -0.384. The van der Waals surface area contributed by atoms with Crippen molar-refractivity contribution >= 4 is 11.6 Å². The van der Waals surface area contributed by atoms with Crippen LogP contribution in [0.4, 0.5) is 5.69 Å². The van der Waals surface area contributed by atoms with Gasteiger partial charge in [0.1, 0.15) is 0 Å². The van der Waals surface area contributed by atoms with E-state index in [0.29, 0.717) is 11.4 Å². The van der Waals surface area contributed by atoms with Gasteiger partial charge in [-0.1, -0.05) is 19.4 Å². The average molecular weight is 342 g/mol. The smallest absolute Gasteiger partial charge is 0.272 e. The fourth-order valence-electron chi connectivity index (χ4n) is 3.31. The van der Waals surface area contributed by atoms with Crippen LogP contribution in [-0.2, 0) is 0 Å². The fourth-order valence-corrected chi connectivity index (χ4v) is 3.31. The first-order valence-corrected chi connectivity index (χ1v) is 8.68. The molecule has 0 aliphatic heterocycles. The molecule has 0 spiro atoms. The van der Waals surface area contributed by atoms with Gasteiger partial charge in [0, 0.05) is 24.4 Å². The van der Waals surface area contributed by atoms with Gasteiger partial charge in [-0.25, -0.2) is 4.68 Å². The zero-order chi connectivity index (χ0) is 17.8. The third-order valence-corrected chi connectivity index (χ3v) is 4.89. The molecule has 2 aromatic rings. The highest BCUT2D eigenvalue weighted by Gasteiger charge is 2.22. The van der Waals surface area contributed by atoms with Crippen molar-refractivity contribution in [3.8, 4) is 5.69 Å². The Labute approximate surface area is 146 Å². The minimum absolute atomic E-state index is 0.00770. The first-order chi connectivity index (χ1) is 12.1. The molecule has 1 amide bonds. The summed E-state index contributed by atoms with van der Waals surface area (Å²) in [7, 11) is 0. The average Bonchev–Trinajstić information content (AvgIpc) is 3.13. The normalized spacial score (nSPS) is 20.2. The van der Waals surface area contributed by atoms with Crippen LogP contribution in [0.1, 0.15) is 49.5 Å². The van der Waals surface area contributed by atoms with Gasteiger partial charge in [0.05, 0.1) is 10.6 Å². The maximum atomic E-state index is 12.4. The highest BCUT2D eigenvalue weighted by Crippen LogP contribution is 2.26. The number of rotatable bonds is 5. The van der Waals surface area contributed by atoms with Crippen LogP contribution in [0.5, 0.6) is 0 Å². The molecular weight excluding hydrogens is 320 g/mol. The number of hydrogen-bond acceptors (Lipinski definition) is 4. The summed E-state index contributed by atoms with van der Waals surface area (Å²) in [5.74, 6) is 0.588. The largest absolute Gasteiger partial charge is 0.348 e. The Bertz CT molecular complexity index is 763. The second kappa shape index (κ2) is 7.46. The SMILES string of the molecule is CCC1CCC(NC(=O)c2ccn(-c3cccc([N+](=O)[O-])c3)n2)CC1. The summed E-state index contributed by atoms with van der Waals surface area (Å²) in [6.45, 7) is 2.21. The lowest BCUT2D eigenvalue weighted by atomic mass is 9.84. The summed E-state index contributed by atoms with van der Waals surface area (Å²) in [6.07, 6.45) is 7.18. The molecule has 1 aromatic carbocycles. The van der Waals surface area contributed by atoms with Crippen molar-refractivity contribution in [3.63, 3.8) is 0 Å². The van der Waals surface area contributed by atoms with E-state index >= 15 is 0 Å². The fraction of sp³-hybridized carbons (Fsp3) is 0.444. The van der Waals surface area contributed by atoms with Crippen LogP contribution in [0.15, 0.2) is 36.5 Å². The molecule has 1 aliphatic carbocycles. The lowest BCUT2D eigenvalue weighted by Gasteiger charge is -2.28. The highest BCUT2D eigenvalue weighted by atomic mass is 16.6. The molecule has 0 atom stereocenters. The van der Waals surface area contributed by atoms with E-state index < -0.39 is 4.92 Å². The molecule has 0 radical (unpaired) electrons. The molecule has 1 heterocycles. The van der Waals surface area contributed by atoms with E-state index in [4.69, 9.17) is 0 Å². The zero-order valence-electron chi connectivity index (χ0n) is 14.2. The molecule has 132 valence electrons. The highest BCUT2D eigenvalue weighted by molar-refractivity contribution is 5.92. The standard InChI is InChI=1S/C18H22N4O3/c1-2-13-6-8-14(9-7-13)19-18(23)17-10-11-21(20-17)15-4-3-5-16(12-15)22(24)25/h3-5,10-14H,2,6-9H2,1H3,(H,19,23). The molecule has 25 heavy (non-hydrogen) atoms. The number of benzene rings is 1. The van der Waals surface area contributed by atoms with Gasteiger partial charge < -0.3 is 5.32 Å². The number of non-ortho nitro benzene ring substituents is 1. The minimum Gasteiger partial charge on any atom is -0.348 e.